The maximum Gasteiger partial charge on any atom is 0.422 e. The van der Waals surface area contributed by atoms with Crippen molar-refractivity contribution in [1.82, 2.24) is 15.1 Å². The molecular formula is C21H21F3N4O3. The van der Waals surface area contributed by atoms with Gasteiger partial charge >= 0.3 is 12.2 Å². The number of halogens is 3. The summed E-state index contributed by atoms with van der Waals surface area (Å²) < 4.78 is 48.9. The van der Waals surface area contributed by atoms with Crippen molar-refractivity contribution < 1.29 is 27.4 Å². The summed E-state index contributed by atoms with van der Waals surface area (Å²) in [6, 6.07) is 14.4. The number of carbonyl (C=O) groups is 1. The van der Waals surface area contributed by atoms with E-state index in [0.717, 1.165) is 0 Å². The minimum atomic E-state index is -4.41. The Morgan fingerprint density at radius 2 is 1.81 bits per heavy atom. The largest absolute Gasteiger partial charge is 0.492 e. The van der Waals surface area contributed by atoms with Gasteiger partial charge in [0.15, 0.2) is 6.61 Å². The molecule has 0 fully saturated rings. The SMILES string of the molecule is O=C(NCc1cccc(OCC(F)(F)F)c1)Nc1cccc(OCCn2cccn2)c1. The Hall–Kier alpha value is -3.69. The molecule has 3 rings (SSSR count). The molecule has 0 aliphatic heterocycles. The number of urea groups is 1. The zero-order valence-corrected chi connectivity index (χ0v) is 16.4. The van der Waals surface area contributed by atoms with Gasteiger partial charge in [-0.15, -0.1) is 0 Å². The van der Waals surface area contributed by atoms with E-state index in [1.165, 1.54) is 12.1 Å². The second-order valence-corrected chi connectivity index (χ2v) is 6.50. The zero-order valence-electron chi connectivity index (χ0n) is 16.4. The second kappa shape index (κ2) is 10.4. The van der Waals surface area contributed by atoms with Crippen LogP contribution in [0.1, 0.15) is 5.56 Å². The average Bonchev–Trinajstić information content (AvgIpc) is 3.24. The number of nitrogens with one attached hydrogen (secondary N) is 2. The number of nitrogens with zero attached hydrogens (tertiary/aromatic N) is 2. The van der Waals surface area contributed by atoms with E-state index in [0.29, 0.717) is 30.2 Å². The van der Waals surface area contributed by atoms with Gasteiger partial charge in [-0.25, -0.2) is 4.79 Å². The summed E-state index contributed by atoms with van der Waals surface area (Å²) in [7, 11) is 0. The first-order valence-electron chi connectivity index (χ1n) is 9.41. The smallest absolute Gasteiger partial charge is 0.422 e. The van der Waals surface area contributed by atoms with E-state index in [-0.39, 0.29) is 12.3 Å². The Labute approximate surface area is 176 Å². The molecule has 2 amide bonds. The first kappa shape index (κ1) is 22.0. The number of amides is 2. The lowest BCUT2D eigenvalue weighted by Gasteiger charge is -2.12. The minimum Gasteiger partial charge on any atom is -0.492 e. The third kappa shape index (κ3) is 7.92. The highest BCUT2D eigenvalue weighted by Crippen LogP contribution is 2.20. The van der Waals surface area contributed by atoms with Crippen molar-refractivity contribution in [3.8, 4) is 11.5 Å². The molecule has 0 saturated heterocycles. The standard InChI is InChI=1S/C21H21F3N4O3/c22-21(23,24)15-31-18-6-1-4-16(12-18)14-25-20(29)27-17-5-2-7-19(13-17)30-11-10-28-9-3-8-26-28/h1-9,12-13H,10-11,14-15H2,(H2,25,27,29). The summed E-state index contributed by atoms with van der Waals surface area (Å²) in [5, 5.41) is 9.43. The van der Waals surface area contributed by atoms with Gasteiger partial charge in [-0.1, -0.05) is 18.2 Å². The van der Waals surface area contributed by atoms with Gasteiger partial charge in [-0.2, -0.15) is 18.3 Å². The van der Waals surface area contributed by atoms with Crippen LogP contribution in [0.25, 0.3) is 0 Å². The van der Waals surface area contributed by atoms with Crippen LogP contribution in [0.5, 0.6) is 11.5 Å². The molecule has 3 aromatic rings. The number of alkyl halides is 3. The summed E-state index contributed by atoms with van der Waals surface area (Å²) in [6.07, 6.45) is -0.885. The molecule has 1 heterocycles. The van der Waals surface area contributed by atoms with Crippen LogP contribution in [0.15, 0.2) is 67.0 Å². The van der Waals surface area contributed by atoms with Gasteiger partial charge < -0.3 is 20.1 Å². The van der Waals surface area contributed by atoms with Crippen LogP contribution in [0, 0.1) is 0 Å². The van der Waals surface area contributed by atoms with Crippen LogP contribution in [0.4, 0.5) is 23.7 Å². The summed E-state index contributed by atoms with van der Waals surface area (Å²) in [5.74, 6) is 0.677. The fourth-order valence-electron chi connectivity index (χ4n) is 2.62. The average molecular weight is 434 g/mol. The van der Waals surface area contributed by atoms with Gasteiger partial charge in [-0.05, 0) is 35.9 Å². The van der Waals surface area contributed by atoms with E-state index in [4.69, 9.17) is 9.47 Å². The van der Waals surface area contributed by atoms with Gasteiger partial charge in [0.2, 0.25) is 0 Å². The van der Waals surface area contributed by atoms with Crippen LogP contribution < -0.4 is 20.1 Å². The molecule has 0 aliphatic carbocycles. The van der Waals surface area contributed by atoms with Gasteiger partial charge in [0.25, 0.3) is 0 Å². The maximum atomic E-state index is 12.3. The lowest BCUT2D eigenvalue weighted by Crippen LogP contribution is -2.28. The molecular weight excluding hydrogens is 413 g/mol. The highest BCUT2D eigenvalue weighted by atomic mass is 19.4. The van der Waals surface area contributed by atoms with Crippen molar-refractivity contribution in [3.63, 3.8) is 0 Å². The Morgan fingerprint density at radius 3 is 2.55 bits per heavy atom. The Morgan fingerprint density at radius 1 is 1.03 bits per heavy atom. The van der Waals surface area contributed by atoms with Crippen molar-refractivity contribution in [2.75, 3.05) is 18.5 Å². The van der Waals surface area contributed by atoms with Gasteiger partial charge in [0.1, 0.15) is 18.1 Å². The fraction of sp³-hybridized carbons (Fsp3) is 0.238. The molecule has 0 unspecified atom stereocenters. The number of hydrogen-bond acceptors (Lipinski definition) is 4. The predicted octanol–water partition coefficient (Wildman–Crippen LogP) is 4.22. The Bertz CT molecular complexity index is 978. The Kier molecular flexibility index (Phi) is 7.36. The van der Waals surface area contributed by atoms with E-state index < -0.39 is 18.8 Å². The monoisotopic (exact) mass is 434 g/mol. The molecule has 2 N–H and O–H groups in total. The molecule has 1 aromatic heterocycles. The number of ether oxygens (including phenoxy) is 2. The highest BCUT2D eigenvalue weighted by Gasteiger charge is 2.28. The molecule has 164 valence electrons. The maximum absolute atomic E-state index is 12.3. The lowest BCUT2D eigenvalue weighted by atomic mass is 10.2. The van der Waals surface area contributed by atoms with Gasteiger partial charge in [-0.3, -0.25) is 4.68 Å². The number of anilines is 1. The third-order valence-corrected chi connectivity index (χ3v) is 3.99. The summed E-state index contributed by atoms with van der Waals surface area (Å²) >= 11 is 0. The molecule has 10 heteroatoms. The van der Waals surface area contributed by atoms with Crippen LogP contribution in [-0.2, 0) is 13.1 Å². The molecule has 0 radical (unpaired) electrons. The molecule has 2 aromatic carbocycles. The van der Waals surface area contributed by atoms with Crippen LogP contribution >= 0.6 is 0 Å². The molecule has 31 heavy (non-hydrogen) atoms. The molecule has 0 atom stereocenters. The minimum absolute atomic E-state index is 0.0806. The Balaban J connectivity index is 1.45. The van der Waals surface area contributed by atoms with Crippen molar-refractivity contribution in [1.29, 1.82) is 0 Å². The molecule has 0 spiro atoms. The third-order valence-electron chi connectivity index (χ3n) is 3.99. The second-order valence-electron chi connectivity index (χ2n) is 6.50. The summed E-state index contributed by atoms with van der Waals surface area (Å²) in [6.45, 7) is -0.235. The van der Waals surface area contributed by atoms with Crippen molar-refractivity contribution in [2.45, 2.75) is 19.3 Å². The number of hydrogen-bond donors (Lipinski definition) is 2. The molecule has 0 bridgehead atoms. The van der Waals surface area contributed by atoms with Crippen molar-refractivity contribution in [2.24, 2.45) is 0 Å². The van der Waals surface area contributed by atoms with E-state index in [1.807, 2.05) is 12.3 Å². The highest BCUT2D eigenvalue weighted by molar-refractivity contribution is 5.89. The van der Waals surface area contributed by atoms with Gasteiger partial charge in [0.05, 0.1) is 6.54 Å². The summed E-state index contributed by atoms with van der Waals surface area (Å²) in [5.41, 5.74) is 1.14. The topological polar surface area (TPSA) is 77.4 Å². The van der Waals surface area contributed by atoms with Crippen molar-refractivity contribution in [3.05, 3.63) is 72.6 Å². The normalized spacial score (nSPS) is 11.1. The first-order chi connectivity index (χ1) is 14.9. The molecule has 7 nitrogen and oxygen atoms in total. The van der Waals surface area contributed by atoms with E-state index >= 15 is 0 Å². The van der Waals surface area contributed by atoms with Crippen molar-refractivity contribution >= 4 is 11.7 Å². The van der Waals surface area contributed by atoms with E-state index in [9.17, 15) is 18.0 Å². The number of rotatable bonds is 9. The lowest BCUT2D eigenvalue weighted by molar-refractivity contribution is -0.153. The van der Waals surface area contributed by atoms with Gasteiger partial charge in [0, 0.05) is 30.7 Å². The van der Waals surface area contributed by atoms with E-state index in [1.54, 1.807) is 47.3 Å². The summed E-state index contributed by atoms with van der Waals surface area (Å²) in [4.78, 5) is 12.2. The number of aromatic nitrogens is 2. The first-order valence-corrected chi connectivity index (χ1v) is 9.41. The zero-order chi connectivity index (χ0) is 22.1. The quantitative estimate of drug-likeness (QED) is 0.529. The molecule has 0 saturated carbocycles. The van der Waals surface area contributed by atoms with E-state index in [2.05, 4.69) is 15.7 Å². The number of carbonyl (C=O) groups excluding carboxylic acids is 1. The number of benzene rings is 2. The predicted molar refractivity (Wildman–Crippen MR) is 108 cm³/mol. The van der Waals surface area contributed by atoms with Crippen LogP contribution in [-0.4, -0.2) is 35.2 Å². The van der Waals surface area contributed by atoms with Crippen LogP contribution in [0.2, 0.25) is 0 Å². The fourth-order valence-corrected chi connectivity index (χ4v) is 2.62. The van der Waals surface area contributed by atoms with Crippen LogP contribution in [0.3, 0.4) is 0 Å². The molecule has 0 aliphatic rings.